The van der Waals surface area contributed by atoms with Crippen LogP contribution in [0.2, 0.25) is 0 Å². The van der Waals surface area contributed by atoms with Gasteiger partial charge in [0.25, 0.3) is 0 Å². The van der Waals surface area contributed by atoms with Crippen LogP contribution in [0.4, 0.5) is 5.88 Å². The molecule has 0 aliphatic rings. The van der Waals surface area contributed by atoms with Crippen LogP contribution in [-0.2, 0) is 6.61 Å². The Hall–Kier alpha value is -1.49. The summed E-state index contributed by atoms with van der Waals surface area (Å²) in [6.07, 6.45) is 0. The molecular formula is C10H9BrN2O2. The molecule has 0 saturated carbocycles. The Kier molecular flexibility index (Phi) is 2.91. The maximum Gasteiger partial charge on any atom is 0.222 e. The van der Waals surface area contributed by atoms with Gasteiger partial charge >= 0.3 is 0 Å². The zero-order valence-electron chi connectivity index (χ0n) is 7.81. The Morgan fingerprint density at radius 1 is 1.40 bits per heavy atom. The Balaban J connectivity index is 1.99. The van der Waals surface area contributed by atoms with E-state index in [4.69, 9.17) is 15.0 Å². The molecule has 1 aromatic heterocycles. The average Bonchev–Trinajstić information content (AvgIpc) is 2.62. The number of ether oxygens (including phenoxy) is 1. The summed E-state index contributed by atoms with van der Waals surface area (Å²) in [5, 5.41) is 3.72. The largest absolute Gasteiger partial charge is 0.487 e. The molecule has 0 spiro atoms. The summed E-state index contributed by atoms with van der Waals surface area (Å²) in [6.45, 7) is 0.344. The van der Waals surface area contributed by atoms with Crippen LogP contribution in [0.5, 0.6) is 5.75 Å². The van der Waals surface area contributed by atoms with Crippen LogP contribution in [0.3, 0.4) is 0 Å². The predicted molar refractivity (Wildman–Crippen MR) is 59.4 cm³/mol. The van der Waals surface area contributed by atoms with Crippen molar-refractivity contribution in [2.45, 2.75) is 6.61 Å². The smallest absolute Gasteiger partial charge is 0.222 e. The maximum atomic E-state index is 5.48. The van der Waals surface area contributed by atoms with Gasteiger partial charge in [0, 0.05) is 10.5 Å². The molecule has 0 atom stereocenters. The number of nitrogens with two attached hydrogens (primary N) is 1. The highest BCUT2D eigenvalue weighted by Crippen LogP contribution is 2.18. The molecule has 0 bridgehead atoms. The molecule has 0 saturated heterocycles. The summed E-state index contributed by atoms with van der Waals surface area (Å²) in [4.78, 5) is 0. The van der Waals surface area contributed by atoms with E-state index in [1.54, 1.807) is 6.07 Å². The van der Waals surface area contributed by atoms with Crippen molar-refractivity contribution in [3.63, 3.8) is 0 Å². The molecule has 4 nitrogen and oxygen atoms in total. The van der Waals surface area contributed by atoms with E-state index in [-0.39, 0.29) is 0 Å². The standard InChI is InChI=1S/C10H9BrN2O2/c11-7-2-1-3-9(4-7)14-6-8-5-10(12)15-13-8/h1-5H,6,12H2. The molecule has 15 heavy (non-hydrogen) atoms. The van der Waals surface area contributed by atoms with E-state index < -0.39 is 0 Å². The van der Waals surface area contributed by atoms with Gasteiger partial charge in [-0.25, -0.2) is 0 Å². The number of halogens is 1. The van der Waals surface area contributed by atoms with Gasteiger partial charge < -0.3 is 15.0 Å². The molecule has 1 aromatic carbocycles. The molecule has 2 rings (SSSR count). The van der Waals surface area contributed by atoms with Crippen molar-refractivity contribution >= 4 is 21.8 Å². The van der Waals surface area contributed by atoms with Crippen LogP contribution in [0.15, 0.2) is 39.3 Å². The molecule has 2 N–H and O–H groups in total. The molecule has 0 unspecified atom stereocenters. The first-order chi connectivity index (χ1) is 7.24. The molecule has 78 valence electrons. The van der Waals surface area contributed by atoms with Crippen LogP contribution < -0.4 is 10.5 Å². The van der Waals surface area contributed by atoms with Crippen LogP contribution in [0.1, 0.15) is 5.69 Å². The Labute approximate surface area is 95.1 Å². The van der Waals surface area contributed by atoms with E-state index in [0.29, 0.717) is 18.2 Å². The SMILES string of the molecule is Nc1cc(COc2cccc(Br)c2)no1. The monoisotopic (exact) mass is 268 g/mol. The molecule has 5 heteroatoms. The zero-order valence-corrected chi connectivity index (χ0v) is 9.40. The van der Waals surface area contributed by atoms with E-state index in [1.807, 2.05) is 24.3 Å². The molecule has 0 aliphatic carbocycles. The first-order valence-corrected chi connectivity index (χ1v) is 5.13. The predicted octanol–water partition coefficient (Wildman–Crippen LogP) is 2.60. The van der Waals surface area contributed by atoms with Gasteiger partial charge in [-0.3, -0.25) is 0 Å². The Morgan fingerprint density at radius 3 is 2.93 bits per heavy atom. The quantitative estimate of drug-likeness (QED) is 0.930. The van der Waals surface area contributed by atoms with Crippen molar-refractivity contribution in [3.8, 4) is 5.75 Å². The second-order valence-electron chi connectivity index (χ2n) is 2.97. The molecule has 0 amide bonds. The van der Waals surface area contributed by atoms with Gasteiger partial charge in [-0.05, 0) is 18.2 Å². The van der Waals surface area contributed by atoms with Crippen molar-refractivity contribution in [1.82, 2.24) is 5.16 Å². The van der Waals surface area contributed by atoms with E-state index in [1.165, 1.54) is 0 Å². The van der Waals surface area contributed by atoms with E-state index in [2.05, 4.69) is 21.1 Å². The van der Waals surface area contributed by atoms with Gasteiger partial charge in [0.2, 0.25) is 5.88 Å². The minimum Gasteiger partial charge on any atom is -0.487 e. The molecule has 2 aromatic rings. The summed E-state index contributed by atoms with van der Waals surface area (Å²) in [7, 11) is 0. The number of hydrogen-bond acceptors (Lipinski definition) is 4. The van der Waals surface area contributed by atoms with Gasteiger partial charge in [-0.2, -0.15) is 0 Å². The van der Waals surface area contributed by atoms with Gasteiger partial charge in [-0.1, -0.05) is 27.2 Å². The van der Waals surface area contributed by atoms with Crippen LogP contribution in [0, 0.1) is 0 Å². The third-order valence-electron chi connectivity index (χ3n) is 1.76. The van der Waals surface area contributed by atoms with Gasteiger partial charge in [-0.15, -0.1) is 0 Å². The number of rotatable bonds is 3. The third-order valence-corrected chi connectivity index (χ3v) is 2.25. The number of anilines is 1. The van der Waals surface area contributed by atoms with E-state index in [0.717, 1.165) is 10.2 Å². The number of nitrogens with zero attached hydrogens (tertiary/aromatic N) is 1. The first kappa shape index (κ1) is 10.0. The molecule has 1 heterocycles. The van der Waals surface area contributed by atoms with Crippen molar-refractivity contribution < 1.29 is 9.26 Å². The second kappa shape index (κ2) is 4.35. The fraction of sp³-hybridized carbons (Fsp3) is 0.100. The molecule has 0 aliphatic heterocycles. The van der Waals surface area contributed by atoms with E-state index in [9.17, 15) is 0 Å². The van der Waals surface area contributed by atoms with Crippen LogP contribution >= 0.6 is 15.9 Å². The maximum absolute atomic E-state index is 5.48. The molecule has 0 fully saturated rings. The van der Waals surface area contributed by atoms with Crippen LogP contribution in [-0.4, -0.2) is 5.16 Å². The highest BCUT2D eigenvalue weighted by atomic mass is 79.9. The summed E-state index contributed by atoms with van der Waals surface area (Å²) in [5.41, 5.74) is 6.05. The topological polar surface area (TPSA) is 61.3 Å². The van der Waals surface area contributed by atoms with Gasteiger partial charge in [0.05, 0.1) is 0 Å². The van der Waals surface area contributed by atoms with Crippen molar-refractivity contribution in [3.05, 3.63) is 40.5 Å². The van der Waals surface area contributed by atoms with Crippen molar-refractivity contribution in [1.29, 1.82) is 0 Å². The van der Waals surface area contributed by atoms with Crippen molar-refractivity contribution in [2.75, 3.05) is 5.73 Å². The van der Waals surface area contributed by atoms with Crippen molar-refractivity contribution in [2.24, 2.45) is 0 Å². The summed E-state index contributed by atoms with van der Waals surface area (Å²) in [6, 6.07) is 9.22. The number of aromatic nitrogens is 1. The Bertz CT molecular complexity index is 456. The first-order valence-electron chi connectivity index (χ1n) is 4.33. The highest BCUT2D eigenvalue weighted by molar-refractivity contribution is 9.10. The summed E-state index contributed by atoms with van der Waals surface area (Å²) in [5.74, 6) is 1.06. The zero-order chi connectivity index (χ0) is 10.7. The minimum absolute atomic E-state index is 0.294. The summed E-state index contributed by atoms with van der Waals surface area (Å²) >= 11 is 3.36. The second-order valence-corrected chi connectivity index (χ2v) is 3.88. The normalized spacial score (nSPS) is 10.2. The Morgan fingerprint density at radius 2 is 2.27 bits per heavy atom. The van der Waals surface area contributed by atoms with Gasteiger partial charge in [0.15, 0.2) is 0 Å². The van der Waals surface area contributed by atoms with Gasteiger partial charge in [0.1, 0.15) is 18.1 Å². The van der Waals surface area contributed by atoms with Crippen LogP contribution in [0.25, 0.3) is 0 Å². The lowest BCUT2D eigenvalue weighted by atomic mass is 10.3. The summed E-state index contributed by atoms with van der Waals surface area (Å²) < 4.78 is 11.2. The number of benzene rings is 1. The third kappa shape index (κ3) is 2.73. The lowest BCUT2D eigenvalue weighted by Gasteiger charge is -2.03. The average molecular weight is 269 g/mol. The lowest BCUT2D eigenvalue weighted by Crippen LogP contribution is -1.95. The number of nitrogen functional groups attached to an aromatic ring is 1. The highest BCUT2D eigenvalue weighted by Gasteiger charge is 2.01. The lowest BCUT2D eigenvalue weighted by molar-refractivity contribution is 0.290. The van der Waals surface area contributed by atoms with E-state index >= 15 is 0 Å². The fourth-order valence-electron chi connectivity index (χ4n) is 1.11. The molecular weight excluding hydrogens is 260 g/mol. The fourth-order valence-corrected chi connectivity index (χ4v) is 1.49. The minimum atomic E-state index is 0.294. The molecule has 0 radical (unpaired) electrons. The number of hydrogen-bond donors (Lipinski definition) is 1.